The van der Waals surface area contributed by atoms with E-state index in [9.17, 15) is 4.39 Å². The van der Waals surface area contributed by atoms with Gasteiger partial charge in [0.2, 0.25) is 0 Å². The van der Waals surface area contributed by atoms with Crippen LogP contribution in [0.1, 0.15) is 11.3 Å². The summed E-state index contributed by atoms with van der Waals surface area (Å²) >= 11 is 0. The van der Waals surface area contributed by atoms with Crippen molar-refractivity contribution in [3.8, 4) is 16.9 Å². The van der Waals surface area contributed by atoms with Crippen LogP contribution in [0.25, 0.3) is 16.9 Å². The summed E-state index contributed by atoms with van der Waals surface area (Å²) < 4.78 is 15.3. The minimum Gasteiger partial charge on any atom is -0.352 e. The third-order valence-electron chi connectivity index (χ3n) is 5.97. The molecule has 5 rings (SSSR count). The van der Waals surface area contributed by atoms with Crippen LogP contribution in [0.4, 0.5) is 10.2 Å². The van der Waals surface area contributed by atoms with E-state index in [4.69, 9.17) is 0 Å². The zero-order chi connectivity index (χ0) is 21.9. The first kappa shape index (κ1) is 22.9. The van der Waals surface area contributed by atoms with E-state index in [0.717, 1.165) is 55.5 Å². The highest BCUT2D eigenvalue weighted by Gasteiger charge is 2.22. The van der Waals surface area contributed by atoms with E-state index in [2.05, 4.69) is 43.9 Å². The van der Waals surface area contributed by atoms with Crippen LogP contribution < -0.4 is 4.90 Å². The molecule has 1 aliphatic rings. The molecule has 4 aromatic rings. The first-order valence-corrected chi connectivity index (χ1v) is 10.8. The lowest BCUT2D eigenvalue weighted by Gasteiger charge is -2.35. The van der Waals surface area contributed by atoms with Crippen molar-refractivity contribution < 1.29 is 4.39 Å². The second kappa shape index (κ2) is 10.1. The van der Waals surface area contributed by atoms with Crippen LogP contribution in [0.3, 0.4) is 0 Å². The second-order valence-electron chi connectivity index (χ2n) is 8.00. The summed E-state index contributed by atoms with van der Waals surface area (Å²) in [5.41, 5.74) is 5.17. The van der Waals surface area contributed by atoms with E-state index >= 15 is 0 Å². The minimum atomic E-state index is -0.251. The summed E-state index contributed by atoms with van der Waals surface area (Å²) in [6.07, 6.45) is 5.38. The van der Waals surface area contributed by atoms with Crippen molar-refractivity contribution in [3.05, 3.63) is 90.3 Å². The molecule has 33 heavy (non-hydrogen) atoms. The zero-order valence-corrected chi connectivity index (χ0v) is 19.2. The fourth-order valence-corrected chi connectivity index (χ4v) is 4.16. The van der Waals surface area contributed by atoms with Gasteiger partial charge >= 0.3 is 0 Å². The van der Waals surface area contributed by atoms with Crippen molar-refractivity contribution in [3.63, 3.8) is 0 Å². The smallest absolute Gasteiger partial charge is 0.155 e. The molecular formula is C25H26ClFN6. The fraction of sp³-hybridized carbons (Fsp3) is 0.240. The molecule has 0 spiro atoms. The van der Waals surface area contributed by atoms with Crippen molar-refractivity contribution in [2.24, 2.45) is 0 Å². The third-order valence-corrected chi connectivity index (χ3v) is 5.97. The highest BCUT2D eigenvalue weighted by molar-refractivity contribution is 5.85. The maximum absolute atomic E-state index is 13.3. The number of hydrogen-bond acceptors (Lipinski definition) is 5. The maximum Gasteiger partial charge on any atom is 0.155 e. The molecule has 3 heterocycles. The van der Waals surface area contributed by atoms with Crippen LogP contribution >= 0.6 is 12.4 Å². The molecule has 8 heteroatoms. The van der Waals surface area contributed by atoms with Crippen molar-refractivity contribution >= 4 is 18.2 Å². The summed E-state index contributed by atoms with van der Waals surface area (Å²) in [4.78, 5) is 13.8. The van der Waals surface area contributed by atoms with Gasteiger partial charge in [-0.25, -0.2) is 14.1 Å². The van der Waals surface area contributed by atoms with Crippen molar-refractivity contribution in [2.75, 3.05) is 31.1 Å². The molecule has 0 saturated carbocycles. The van der Waals surface area contributed by atoms with Gasteiger partial charge in [-0.3, -0.25) is 9.88 Å². The van der Waals surface area contributed by atoms with Gasteiger partial charge in [-0.2, -0.15) is 5.10 Å². The van der Waals surface area contributed by atoms with E-state index in [1.54, 1.807) is 24.5 Å². The van der Waals surface area contributed by atoms with E-state index in [1.165, 1.54) is 23.4 Å². The number of anilines is 1. The molecule has 2 aromatic carbocycles. The predicted octanol–water partition coefficient (Wildman–Crippen LogP) is 4.52. The number of piperazine rings is 1. The molecule has 0 atom stereocenters. The number of halogens is 2. The van der Waals surface area contributed by atoms with E-state index in [-0.39, 0.29) is 18.2 Å². The van der Waals surface area contributed by atoms with Gasteiger partial charge in [0.1, 0.15) is 11.5 Å². The highest BCUT2D eigenvalue weighted by atomic mass is 35.5. The molecule has 0 N–H and O–H groups in total. The van der Waals surface area contributed by atoms with Gasteiger partial charge in [0.25, 0.3) is 0 Å². The Labute approximate surface area is 199 Å². The summed E-state index contributed by atoms with van der Waals surface area (Å²) in [6, 6.07) is 16.7. The molecule has 0 bridgehead atoms. The number of para-hydroxylation sites is 1. The highest BCUT2D eigenvalue weighted by Crippen LogP contribution is 2.28. The Balaban J connectivity index is 0.00000259. The van der Waals surface area contributed by atoms with Gasteiger partial charge in [-0.05, 0) is 43.3 Å². The van der Waals surface area contributed by atoms with Crippen molar-refractivity contribution in [2.45, 2.75) is 13.5 Å². The Morgan fingerprint density at radius 1 is 0.879 bits per heavy atom. The number of rotatable bonds is 5. The van der Waals surface area contributed by atoms with E-state index in [0.29, 0.717) is 0 Å². The van der Waals surface area contributed by atoms with Crippen LogP contribution in [0.2, 0.25) is 0 Å². The average Bonchev–Trinajstić information content (AvgIpc) is 3.20. The molecule has 1 fully saturated rings. The Hall–Kier alpha value is -3.29. The third kappa shape index (κ3) is 4.89. The van der Waals surface area contributed by atoms with Crippen LogP contribution in [-0.4, -0.2) is 50.8 Å². The Kier molecular flexibility index (Phi) is 7.01. The second-order valence-corrected chi connectivity index (χ2v) is 8.00. The Bertz CT molecular complexity index is 1190. The van der Waals surface area contributed by atoms with Crippen molar-refractivity contribution in [1.29, 1.82) is 0 Å². The van der Waals surface area contributed by atoms with Gasteiger partial charge in [0, 0.05) is 61.9 Å². The summed E-state index contributed by atoms with van der Waals surface area (Å²) in [7, 11) is 0. The first-order valence-electron chi connectivity index (χ1n) is 10.8. The number of hydrogen-bond donors (Lipinski definition) is 0. The number of aromatic nitrogens is 4. The Morgan fingerprint density at radius 2 is 1.58 bits per heavy atom. The SMILES string of the molecule is Cc1c(CN2CCN(c3nccnc3-c3ccc(F)cc3)CC2)cnn1-c1ccccc1.Cl. The quantitative estimate of drug-likeness (QED) is 0.434. The molecule has 1 aliphatic heterocycles. The molecule has 170 valence electrons. The molecular weight excluding hydrogens is 439 g/mol. The number of benzene rings is 2. The van der Waals surface area contributed by atoms with Crippen LogP contribution in [0.15, 0.2) is 73.2 Å². The lowest BCUT2D eigenvalue weighted by molar-refractivity contribution is 0.249. The summed E-state index contributed by atoms with van der Waals surface area (Å²) in [5.74, 6) is 0.602. The number of nitrogens with zero attached hydrogens (tertiary/aromatic N) is 6. The maximum atomic E-state index is 13.3. The van der Waals surface area contributed by atoms with Gasteiger partial charge in [0.05, 0.1) is 11.9 Å². The molecule has 0 unspecified atom stereocenters. The largest absolute Gasteiger partial charge is 0.352 e. The lowest BCUT2D eigenvalue weighted by atomic mass is 10.1. The Morgan fingerprint density at radius 3 is 2.30 bits per heavy atom. The average molecular weight is 465 g/mol. The van der Waals surface area contributed by atoms with Crippen LogP contribution in [0.5, 0.6) is 0 Å². The lowest BCUT2D eigenvalue weighted by Crippen LogP contribution is -2.46. The van der Waals surface area contributed by atoms with Gasteiger partial charge in [0.15, 0.2) is 5.82 Å². The van der Waals surface area contributed by atoms with Gasteiger partial charge in [-0.1, -0.05) is 18.2 Å². The predicted molar refractivity (Wildman–Crippen MR) is 130 cm³/mol. The van der Waals surface area contributed by atoms with Crippen LogP contribution in [-0.2, 0) is 6.54 Å². The molecule has 6 nitrogen and oxygen atoms in total. The molecule has 0 amide bonds. The van der Waals surface area contributed by atoms with E-state index < -0.39 is 0 Å². The monoisotopic (exact) mass is 464 g/mol. The van der Waals surface area contributed by atoms with Gasteiger partial charge < -0.3 is 4.90 Å². The topological polar surface area (TPSA) is 50.1 Å². The fourth-order valence-electron chi connectivity index (χ4n) is 4.16. The standard InChI is InChI=1S/C25H25FN6.ClH/c1-19-21(17-29-32(19)23-5-3-2-4-6-23)18-30-13-15-31(16-14-30)25-24(27-11-12-28-25)20-7-9-22(26)10-8-20;/h2-12,17H,13-16,18H2,1H3;1H. The minimum absolute atomic E-state index is 0. The summed E-state index contributed by atoms with van der Waals surface area (Å²) in [5, 5.41) is 4.60. The van der Waals surface area contributed by atoms with Crippen molar-refractivity contribution in [1.82, 2.24) is 24.6 Å². The van der Waals surface area contributed by atoms with E-state index in [1.807, 2.05) is 29.1 Å². The first-order chi connectivity index (χ1) is 15.7. The van der Waals surface area contributed by atoms with Gasteiger partial charge in [-0.15, -0.1) is 12.4 Å². The molecule has 2 aromatic heterocycles. The normalized spacial score (nSPS) is 14.2. The zero-order valence-electron chi connectivity index (χ0n) is 18.4. The molecule has 0 aliphatic carbocycles. The molecule has 0 radical (unpaired) electrons. The summed E-state index contributed by atoms with van der Waals surface area (Å²) in [6.45, 7) is 6.57. The molecule has 1 saturated heterocycles. The van der Waals surface area contributed by atoms with Crippen LogP contribution in [0, 0.1) is 12.7 Å².